The number of hydrogen-bond acceptors (Lipinski definition) is 2. The van der Waals surface area contributed by atoms with E-state index in [1.165, 1.54) is 0 Å². The minimum absolute atomic E-state index is 0.137. The molecule has 0 atom stereocenters. The molecule has 18 heavy (non-hydrogen) atoms. The molecule has 1 heterocycles. The summed E-state index contributed by atoms with van der Waals surface area (Å²) in [5.41, 5.74) is 2.53. The summed E-state index contributed by atoms with van der Waals surface area (Å²) in [6.07, 6.45) is 0. The van der Waals surface area contributed by atoms with Gasteiger partial charge in [-0.1, -0.05) is 30.3 Å². The molecule has 3 aromatic rings. The van der Waals surface area contributed by atoms with E-state index in [1.54, 1.807) is 4.68 Å². The highest BCUT2D eigenvalue weighted by molar-refractivity contribution is 5.76. The van der Waals surface area contributed by atoms with E-state index in [2.05, 4.69) is 4.98 Å². The molecule has 0 aliphatic carbocycles. The Morgan fingerprint density at radius 2 is 1.67 bits per heavy atom. The van der Waals surface area contributed by atoms with Crippen molar-refractivity contribution in [2.75, 3.05) is 12.1 Å². The van der Waals surface area contributed by atoms with Crippen LogP contribution < -0.4 is 10.7 Å². The molecular weight excluding hydrogens is 226 g/mol. The maximum absolute atomic E-state index is 12.0. The van der Waals surface area contributed by atoms with Gasteiger partial charge in [-0.2, -0.15) is 0 Å². The summed E-state index contributed by atoms with van der Waals surface area (Å²) in [6.45, 7) is 0. The molecule has 0 aliphatic heterocycles. The first-order valence-electron chi connectivity index (χ1n) is 5.76. The normalized spacial score (nSPS) is 10.7. The zero-order valence-electron chi connectivity index (χ0n) is 10.00. The fraction of sp³-hybridized carbons (Fsp3) is 0.0714. The zero-order chi connectivity index (χ0) is 12.5. The molecule has 1 aromatic heterocycles. The van der Waals surface area contributed by atoms with Crippen molar-refractivity contribution in [1.29, 1.82) is 0 Å². The molecule has 0 unspecified atom stereocenters. The first-order chi connectivity index (χ1) is 8.77. The molecule has 0 fully saturated rings. The number of aromatic nitrogens is 2. The van der Waals surface area contributed by atoms with Gasteiger partial charge in [0.2, 0.25) is 0 Å². The van der Waals surface area contributed by atoms with Crippen LogP contribution in [0.3, 0.4) is 0 Å². The van der Waals surface area contributed by atoms with Gasteiger partial charge in [-0.3, -0.25) is 5.01 Å². The summed E-state index contributed by atoms with van der Waals surface area (Å²) in [5.74, 6) is 0. The first-order valence-corrected chi connectivity index (χ1v) is 5.76. The number of anilines is 1. The van der Waals surface area contributed by atoms with E-state index >= 15 is 0 Å². The van der Waals surface area contributed by atoms with Gasteiger partial charge in [0.15, 0.2) is 0 Å². The van der Waals surface area contributed by atoms with E-state index in [1.807, 2.05) is 66.7 Å². The standard InChI is InChI=1S/C14H13N3O/c1-16(11-7-3-2-4-8-11)17-13-10-6-5-9-12(13)15-14(17)18/h2-10H,1H3,(H,15,18). The largest absolute Gasteiger partial charge is 0.345 e. The Morgan fingerprint density at radius 1 is 1.00 bits per heavy atom. The molecule has 0 aliphatic rings. The Kier molecular flexibility index (Phi) is 2.41. The molecule has 0 saturated heterocycles. The Labute approximate surface area is 104 Å². The lowest BCUT2D eigenvalue weighted by atomic mass is 10.3. The van der Waals surface area contributed by atoms with Gasteiger partial charge >= 0.3 is 5.69 Å². The van der Waals surface area contributed by atoms with Crippen molar-refractivity contribution < 1.29 is 0 Å². The van der Waals surface area contributed by atoms with Crippen molar-refractivity contribution in [3.63, 3.8) is 0 Å². The number of para-hydroxylation sites is 3. The van der Waals surface area contributed by atoms with Crippen LogP contribution in [0.5, 0.6) is 0 Å². The number of benzene rings is 2. The molecule has 0 amide bonds. The van der Waals surface area contributed by atoms with Crippen LogP contribution in [-0.4, -0.2) is 16.7 Å². The highest BCUT2D eigenvalue weighted by Gasteiger charge is 2.10. The number of nitrogens with zero attached hydrogens (tertiary/aromatic N) is 2. The summed E-state index contributed by atoms with van der Waals surface area (Å²) < 4.78 is 1.63. The number of aromatic amines is 1. The van der Waals surface area contributed by atoms with Gasteiger partial charge in [0, 0.05) is 7.05 Å². The molecule has 90 valence electrons. The molecule has 4 nitrogen and oxygen atoms in total. The average Bonchev–Trinajstić information content (AvgIpc) is 2.75. The smallest absolute Gasteiger partial charge is 0.304 e. The lowest BCUT2D eigenvalue weighted by molar-refractivity contribution is 0.764. The predicted molar refractivity (Wildman–Crippen MR) is 72.8 cm³/mol. The summed E-state index contributed by atoms with van der Waals surface area (Å²) >= 11 is 0. The third kappa shape index (κ3) is 1.59. The van der Waals surface area contributed by atoms with Gasteiger partial charge in [0.25, 0.3) is 0 Å². The predicted octanol–water partition coefficient (Wildman–Crippen LogP) is 2.23. The summed E-state index contributed by atoms with van der Waals surface area (Å²) in [4.78, 5) is 14.9. The van der Waals surface area contributed by atoms with E-state index in [-0.39, 0.29) is 5.69 Å². The second-order valence-corrected chi connectivity index (χ2v) is 4.12. The number of rotatable bonds is 2. The van der Waals surface area contributed by atoms with E-state index in [0.29, 0.717) is 0 Å². The summed E-state index contributed by atoms with van der Waals surface area (Å²) in [7, 11) is 1.87. The van der Waals surface area contributed by atoms with E-state index in [0.717, 1.165) is 16.7 Å². The molecular formula is C14H13N3O. The Hall–Kier alpha value is -2.49. The number of nitrogens with one attached hydrogen (secondary N) is 1. The van der Waals surface area contributed by atoms with Crippen LogP contribution in [0.1, 0.15) is 0 Å². The van der Waals surface area contributed by atoms with Crippen molar-refractivity contribution in [3.05, 3.63) is 65.1 Å². The highest BCUT2D eigenvalue weighted by Crippen LogP contribution is 2.15. The minimum Gasteiger partial charge on any atom is -0.304 e. The number of fused-ring (bicyclic) bond motifs is 1. The quantitative estimate of drug-likeness (QED) is 0.745. The Morgan fingerprint density at radius 3 is 2.44 bits per heavy atom. The number of hydrogen-bond donors (Lipinski definition) is 1. The van der Waals surface area contributed by atoms with E-state index in [9.17, 15) is 4.79 Å². The molecule has 0 bridgehead atoms. The van der Waals surface area contributed by atoms with Gasteiger partial charge in [-0.05, 0) is 24.3 Å². The van der Waals surface area contributed by atoms with E-state index < -0.39 is 0 Å². The van der Waals surface area contributed by atoms with Crippen LogP contribution in [0, 0.1) is 0 Å². The average molecular weight is 239 g/mol. The fourth-order valence-corrected chi connectivity index (χ4v) is 2.10. The summed E-state index contributed by atoms with van der Waals surface area (Å²) in [5, 5.41) is 1.83. The number of H-pyrrole nitrogens is 1. The Bertz CT molecular complexity index is 727. The van der Waals surface area contributed by atoms with Crippen LogP contribution >= 0.6 is 0 Å². The topological polar surface area (TPSA) is 41.0 Å². The second kappa shape index (κ2) is 4.07. The van der Waals surface area contributed by atoms with E-state index in [4.69, 9.17) is 0 Å². The lowest BCUT2D eigenvalue weighted by Gasteiger charge is -2.20. The van der Waals surface area contributed by atoms with Crippen molar-refractivity contribution in [2.24, 2.45) is 0 Å². The van der Waals surface area contributed by atoms with Crippen LogP contribution in [0.2, 0.25) is 0 Å². The zero-order valence-corrected chi connectivity index (χ0v) is 10.00. The third-order valence-corrected chi connectivity index (χ3v) is 3.00. The van der Waals surface area contributed by atoms with Crippen molar-refractivity contribution in [3.8, 4) is 0 Å². The molecule has 1 N–H and O–H groups in total. The monoisotopic (exact) mass is 239 g/mol. The fourth-order valence-electron chi connectivity index (χ4n) is 2.10. The molecule has 0 spiro atoms. The molecule has 3 rings (SSSR count). The Balaban J connectivity index is 2.20. The van der Waals surface area contributed by atoms with Crippen molar-refractivity contribution >= 4 is 16.7 Å². The highest BCUT2D eigenvalue weighted by atomic mass is 16.2. The van der Waals surface area contributed by atoms with Gasteiger partial charge in [-0.15, -0.1) is 0 Å². The second-order valence-electron chi connectivity index (χ2n) is 4.12. The molecule has 0 radical (unpaired) electrons. The van der Waals surface area contributed by atoms with Crippen LogP contribution in [0.15, 0.2) is 59.4 Å². The van der Waals surface area contributed by atoms with Crippen molar-refractivity contribution in [1.82, 2.24) is 9.66 Å². The van der Waals surface area contributed by atoms with Crippen LogP contribution in [-0.2, 0) is 0 Å². The van der Waals surface area contributed by atoms with Crippen LogP contribution in [0.4, 0.5) is 5.69 Å². The molecule has 2 aromatic carbocycles. The molecule has 0 saturated carbocycles. The maximum Gasteiger partial charge on any atom is 0.345 e. The first kappa shape index (κ1) is 10.7. The van der Waals surface area contributed by atoms with Crippen LogP contribution in [0.25, 0.3) is 11.0 Å². The molecule has 4 heteroatoms. The SMILES string of the molecule is CN(c1ccccc1)n1c(=O)[nH]c2ccccc21. The minimum atomic E-state index is -0.137. The van der Waals surface area contributed by atoms with Gasteiger partial charge in [0.05, 0.1) is 16.7 Å². The van der Waals surface area contributed by atoms with Gasteiger partial charge in [-0.25, -0.2) is 9.47 Å². The summed E-state index contributed by atoms with van der Waals surface area (Å²) in [6, 6.07) is 17.4. The number of imidazole rings is 1. The van der Waals surface area contributed by atoms with Gasteiger partial charge in [0.1, 0.15) is 0 Å². The van der Waals surface area contributed by atoms with Crippen molar-refractivity contribution in [2.45, 2.75) is 0 Å². The third-order valence-electron chi connectivity index (χ3n) is 3.00. The van der Waals surface area contributed by atoms with Gasteiger partial charge < -0.3 is 4.98 Å². The maximum atomic E-state index is 12.0. The lowest BCUT2D eigenvalue weighted by Crippen LogP contribution is -2.33.